The van der Waals surface area contributed by atoms with E-state index in [0.717, 1.165) is 25.7 Å². The van der Waals surface area contributed by atoms with Gasteiger partial charge in [0, 0.05) is 12.8 Å². The normalized spacial score (nSPS) is 30.7. The second-order valence-corrected chi connectivity index (χ2v) is 5.45. The molecule has 5 nitrogen and oxygen atoms in total. The van der Waals surface area contributed by atoms with E-state index in [9.17, 15) is 9.90 Å². The van der Waals surface area contributed by atoms with E-state index in [1.807, 2.05) is 18.2 Å². The molecule has 0 atom stereocenters. The first-order chi connectivity index (χ1) is 9.22. The molecule has 2 aliphatic rings. The van der Waals surface area contributed by atoms with E-state index in [-0.39, 0.29) is 18.3 Å². The number of aliphatic hydroxyl groups is 1. The molecule has 1 aromatic heterocycles. The number of hydrogen-bond acceptors (Lipinski definition) is 4. The molecule has 2 fully saturated rings. The Hall–Kier alpha value is -1.62. The van der Waals surface area contributed by atoms with Crippen molar-refractivity contribution in [2.24, 2.45) is 5.92 Å². The van der Waals surface area contributed by atoms with Crippen LogP contribution < -0.4 is 4.90 Å². The fourth-order valence-corrected chi connectivity index (χ4v) is 2.96. The van der Waals surface area contributed by atoms with E-state index in [0.29, 0.717) is 18.3 Å². The minimum absolute atomic E-state index is 0.230. The summed E-state index contributed by atoms with van der Waals surface area (Å²) in [6.07, 6.45) is 4.86. The minimum Gasteiger partial charge on any atom is -0.441 e. The molecule has 5 heteroatoms. The van der Waals surface area contributed by atoms with Gasteiger partial charge in [-0.1, -0.05) is 6.07 Å². The van der Waals surface area contributed by atoms with Crippen LogP contribution in [0.1, 0.15) is 25.7 Å². The Kier molecular flexibility index (Phi) is 3.14. The lowest BCUT2D eigenvalue weighted by Crippen LogP contribution is -2.39. The predicted molar refractivity (Wildman–Crippen MR) is 69.8 cm³/mol. The Labute approximate surface area is 112 Å². The third kappa shape index (κ3) is 2.30. The molecule has 1 aliphatic heterocycles. The standard InChI is InChI=1S/C14H18N2O3/c17-9-11-4-6-14(7-5-11)10-16(13(18)19-14)12-3-1-2-8-15-12/h1-3,8,11,17H,4-7,9-10H2. The number of hydrogen-bond donors (Lipinski definition) is 1. The zero-order valence-corrected chi connectivity index (χ0v) is 10.8. The van der Waals surface area contributed by atoms with Crippen molar-refractivity contribution in [2.75, 3.05) is 18.1 Å². The first-order valence-electron chi connectivity index (χ1n) is 6.75. The molecule has 1 aromatic rings. The lowest BCUT2D eigenvalue weighted by molar-refractivity contribution is 0.00557. The molecule has 0 bridgehead atoms. The quantitative estimate of drug-likeness (QED) is 0.885. The number of pyridine rings is 1. The predicted octanol–water partition coefficient (Wildman–Crippen LogP) is 1.96. The van der Waals surface area contributed by atoms with Gasteiger partial charge in [-0.05, 0) is 43.7 Å². The Bertz CT molecular complexity index is 455. The van der Waals surface area contributed by atoms with Gasteiger partial charge in [0.25, 0.3) is 0 Å². The Morgan fingerprint density at radius 1 is 1.42 bits per heavy atom. The maximum Gasteiger partial charge on any atom is 0.416 e. The average molecular weight is 262 g/mol. The summed E-state index contributed by atoms with van der Waals surface area (Å²) >= 11 is 0. The Balaban J connectivity index is 1.74. The summed E-state index contributed by atoms with van der Waals surface area (Å²) in [5.74, 6) is 1.00. The number of aromatic nitrogens is 1. The Morgan fingerprint density at radius 2 is 2.21 bits per heavy atom. The largest absolute Gasteiger partial charge is 0.441 e. The SMILES string of the molecule is O=C1OC2(CCC(CO)CC2)CN1c1ccccn1. The zero-order valence-electron chi connectivity index (χ0n) is 10.8. The molecule has 19 heavy (non-hydrogen) atoms. The highest BCUT2D eigenvalue weighted by atomic mass is 16.6. The molecule has 102 valence electrons. The van der Waals surface area contributed by atoms with Crippen LogP contribution in [0.5, 0.6) is 0 Å². The van der Waals surface area contributed by atoms with Gasteiger partial charge in [0.15, 0.2) is 0 Å². The van der Waals surface area contributed by atoms with Gasteiger partial charge in [-0.2, -0.15) is 0 Å². The zero-order chi connectivity index (χ0) is 13.3. The third-order valence-corrected chi connectivity index (χ3v) is 4.17. The van der Waals surface area contributed by atoms with Gasteiger partial charge in [0.1, 0.15) is 11.4 Å². The highest BCUT2D eigenvalue weighted by molar-refractivity contribution is 5.89. The summed E-state index contributed by atoms with van der Waals surface area (Å²) in [6.45, 7) is 0.801. The number of ether oxygens (including phenoxy) is 1. The molecular weight excluding hydrogens is 244 g/mol. The van der Waals surface area contributed by atoms with Crippen molar-refractivity contribution in [1.29, 1.82) is 0 Å². The van der Waals surface area contributed by atoms with Gasteiger partial charge in [-0.25, -0.2) is 9.78 Å². The molecular formula is C14H18N2O3. The van der Waals surface area contributed by atoms with E-state index >= 15 is 0 Å². The van der Waals surface area contributed by atoms with Crippen LogP contribution in [0.2, 0.25) is 0 Å². The van der Waals surface area contributed by atoms with Crippen molar-refractivity contribution in [3.05, 3.63) is 24.4 Å². The summed E-state index contributed by atoms with van der Waals surface area (Å²) in [7, 11) is 0. The molecule has 1 N–H and O–H groups in total. The van der Waals surface area contributed by atoms with Crippen molar-refractivity contribution in [3.63, 3.8) is 0 Å². The van der Waals surface area contributed by atoms with Crippen LogP contribution in [0.3, 0.4) is 0 Å². The fourth-order valence-electron chi connectivity index (χ4n) is 2.96. The monoisotopic (exact) mass is 262 g/mol. The van der Waals surface area contributed by atoms with E-state index in [1.165, 1.54) is 0 Å². The molecule has 1 spiro atoms. The lowest BCUT2D eigenvalue weighted by Gasteiger charge is -2.34. The summed E-state index contributed by atoms with van der Waals surface area (Å²) in [5.41, 5.74) is -0.375. The van der Waals surface area contributed by atoms with Gasteiger partial charge in [0.2, 0.25) is 0 Å². The van der Waals surface area contributed by atoms with Crippen molar-refractivity contribution >= 4 is 11.9 Å². The van der Waals surface area contributed by atoms with Gasteiger partial charge in [0.05, 0.1) is 6.54 Å². The third-order valence-electron chi connectivity index (χ3n) is 4.17. The molecule has 0 aromatic carbocycles. The Morgan fingerprint density at radius 3 is 2.84 bits per heavy atom. The minimum atomic E-state index is -0.375. The number of carbonyl (C=O) groups is 1. The van der Waals surface area contributed by atoms with Crippen molar-refractivity contribution < 1.29 is 14.6 Å². The summed E-state index contributed by atoms with van der Waals surface area (Å²) < 4.78 is 5.62. The van der Waals surface area contributed by atoms with E-state index in [1.54, 1.807) is 11.1 Å². The van der Waals surface area contributed by atoms with Gasteiger partial charge >= 0.3 is 6.09 Å². The van der Waals surface area contributed by atoms with Gasteiger partial charge in [-0.3, -0.25) is 4.90 Å². The first-order valence-corrected chi connectivity index (χ1v) is 6.75. The van der Waals surface area contributed by atoms with E-state index in [4.69, 9.17) is 4.74 Å². The van der Waals surface area contributed by atoms with Crippen LogP contribution in [0, 0.1) is 5.92 Å². The smallest absolute Gasteiger partial charge is 0.416 e. The van der Waals surface area contributed by atoms with Crippen molar-refractivity contribution in [3.8, 4) is 0 Å². The number of aliphatic hydroxyl groups excluding tert-OH is 1. The molecule has 0 unspecified atom stereocenters. The van der Waals surface area contributed by atoms with Crippen molar-refractivity contribution in [2.45, 2.75) is 31.3 Å². The number of amides is 1. The summed E-state index contributed by atoms with van der Waals surface area (Å²) in [6, 6.07) is 5.51. The van der Waals surface area contributed by atoms with E-state index < -0.39 is 0 Å². The number of carbonyl (C=O) groups excluding carboxylic acids is 1. The molecule has 1 saturated carbocycles. The molecule has 2 heterocycles. The average Bonchev–Trinajstić information content (AvgIpc) is 2.77. The lowest BCUT2D eigenvalue weighted by atomic mass is 9.79. The van der Waals surface area contributed by atoms with Crippen LogP contribution in [0.4, 0.5) is 10.6 Å². The molecule has 1 saturated heterocycles. The number of nitrogens with zero attached hydrogens (tertiary/aromatic N) is 2. The second-order valence-electron chi connectivity index (χ2n) is 5.45. The number of anilines is 1. The highest BCUT2D eigenvalue weighted by Gasteiger charge is 2.47. The first kappa shape index (κ1) is 12.4. The second kappa shape index (κ2) is 4.81. The molecule has 0 radical (unpaired) electrons. The van der Waals surface area contributed by atoms with Crippen LogP contribution in [0.15, 0.2) is 24.4 Å². The highest BCUT2D eigenvalue weighted by Crippen LogP contribution is 2.40. The number of rotatable bonds is 2. The van der Waals surface area contributed by atoms with Crippen LogP contribution >= 0.6 is 0 Å². The van der Waals surface area contributed by atoms with Crippen molar-refractivity contribution in [1.82, 2.24) is 4.98 Å². The van der Waals surface area contributed by atoms with Crippen LogP contribution in [-0.2, 0) is 4.74 Å². The molecule has 3 rings (SSSR count). The summed E-state index contributed by atoms with van der Waals surface area (Å²) in [5, 5.41) is 9.18. The van der Waals surface area contributed by atoms with Crippen LogP contribution in [0.25, 0.3) is 0 Å². The van der Waals surface area contributed by atoms with E-state index in [2.05, 4.69) is 4.98 Å². The van der Waals surface area contributed by atoms with Crippen LogP contribution in [-0.4, -0.2) is 34.9 Å². The molecule has 1 aliphatic carbocycles. The van der Waals surface area contributed by atoms with Gasteiger partial charge in [-0.15, -0.1) is 0 Å². The maximum atomic E-state index is 12.0. The fraction of sp³-hybridized carbons (Fsp3) is 0.571. The van der Waals surface area contributed by atoms with Gasteiger partial charge < -0.3 is 9.84 Å². The molecule has 1 amide bonds. The summed E-state index contributed by atoms with van der Waals surface area (Å²) in [4.78, 5) is 17.8. The maximum absolute atomic E-state index is 12.0. The topological polar surface area (TPSA) is 62.7 Å².